The smallest absolute Gasteiger partial charge is 0.246 e. The second kappa shape index (κ2) is 8.40. The number of carbonyl (C=O) groups excluding carboxylic acids is 1. The number of carbonyl (C=O) groups is 1. The molecule has 0 aliphatic heterocycles. The third-order valence-electron chi connectivity index (χ3n) is 3.85. The summed E-state index contributed by atoms with van der Waals surface area (Å²) >= 11 is 0. The molecule has 3 rings (SSSR count). The molecule has 1 N–H and O–H groups in total. The molecule has 0 aliphatic rings. The number of nitrogens with zero attached hydrogens (tertiary/aromatic N) is 1. The van der Waals surface area contributed by atoms with Crippen molar-refractivity contribution in [3.05, 3.63) is 77.7 Å². The number of ether oxygens (including phenoxy) is 1. The summed E-state index contributed by atoms with van der Waals surface area (Å²) in [6.45, 7) is 1.99. The summed E-state index contributed by atoms with van der Waals surface area (Å²) in [6, 6.07) is 17.2. The Balaban J connectivity index is 1.46. The molecule has 0 radical (unpaired) electrons. The summed E-state index contributed by atoms with van der Waals surface area (Å²) in [5.74, 6) is 0.00178. The fourth-order valence-corrected chi connectivity index (χ4v) is 2.49. The van der Waals surface area contributed by atoms with Gasteiger partial charge in [-0.2, -0.15) is 0 Å². The Hall–Kier alpha value is -2.99. The van der Waals surface area contributed by atoms with Crippen molar-refractivity contribution in [3.8, 4) is 11.3 Å². The number of amides is 1. The van der Waals surface area contributed by atoms with E-state index in [0.717, 1.165) is 11.1 Å². The lowest BCUT2D eigenvalue weighted by Gasteiger charge is -2.14. The van der Waals surface area contributed by atoms with E-state index in [2.05, 4.69) is 10.5 Å². The largest absolute Gasteiger partial charge is 0.365 e. The molecule has 1 atom stereocenters. The summed E-state index contributed by atoms with van der Waals surface area (Å²) in [5.41, 5.74) is 2.31. The Labute approximate surface area is 150 Å². The molecule has 0 unspecified atom stereocenters. The Kier molecular flexibility index (Phi) is 5.76. The van der Waals surface area contributed by atoms with Crippen molar-refractivity contribution >= 4 is 5.91 Å². The summed E-state index contributed by atoms with van der Waals surface area (Å²) < 4.78 is 23.6. The normalized spacial score (nSPS) is 11.9. The minimum absolute atomic E-state index is 0.0735. The molecule has 3 aromatic rings. The molecule has 1 aromatic heterocycles. The molecular formula is C20H19FN2O3. The monoisotopic (exact) mass is 354 g/mol. The molecule has 2 aromatic carbocycles. The average molecular weight is 354 g/mol. The first-order chi connectivity index (χ1) is 12.6. The third-order valence-corrected chi connectivity index (χ3v) is 3.85. The topological polar surface area (TPSA) is 64.4 Å². The molecule has 0 aliphatic carbocycles. The van der Waals surface area contributed by atoms with Gasteiger partial charge in [0.25, 0.3) is 0 Å². The fraction of sp³-hybridized carbons (Fsp3) is 0.200. The van der Waals surface area contributed by atoms with E-state index in [0.29, 0.717) is 11.5 Å². The summed E-state index contributed by atoms with van der Waals surface area (Å²) in [5, 5.41) is 6.77. The van der Waals surface area contributed by atoms with Crippen LogP contribution < -0.4 is 5.32 Å². The molecule has 26 heavy (non-hydrogen) atoms. The fourth-order valence-electron chi connectivity index (χ4n) is 2.49. The van der Waals surface area contributed by atoms with Gasteiger partial charge < -0.3 is 14.6 Å². The standard InChI is InChI=1S/C20H19FN2O3/c1-14(15-5-3-2-4-6-15)22-20(24)13-25-12-18-11-19(26-23-18)16-7-9-17(21)10-8-16/h2-11,14H,12-13H2,1H3,(H,22,24)/t14-/m1/s1. The van der Waals surface area contributed by atoms with Crippen LogP contribution in [0.25, 0.3) is 11.3 Å². The SMILES string of the molecule is C[C@@H](NC(=O)COCc1cc(-c2ccc(F)cc2)on1)c1ccccc1. The Morgan fingerprint density at radius 2 is 1.92 bits per heavy atom. The third kappa shape index (κ3) is 4.77. The maximum absolute atomic E-state index is 12.9. The number of hydrogen-bond donors (Lipinski definition) is 1. The van der Waals surface area contributed by atoms with Gasteiger partial charge in [-0.1, -0.05) is 35.5 Å². The number of hydrogen-bond acceptors (Lipinski definition) is 4. The lowest BCUT2D eigenvalue weighted by molar-refractivity contribution is -0.126. The van der Waals surface area contributed by atoms with E-state index in [-0.39, 0.29) is 31.0 Å². The first kappa shape index (κ1) is 17.8. The average Bonchev–Trinajstić information content (AvgIpc) is 3.12. The van der Waals surface area contributed by atoms with Gasteiger partial charge in [0.1, 0.15) is 18.1 Å². The molecule has 0 fully saturated rings. The van der Waals surface area contributed by atoms with E-state index in [1.807, 2.05) is 37.3 Å². The van der Waals surface area contributed by atoms with Gasteiger partial charge in [0.15, 0.2) is 5.76 Å². The van der Waals surface area contributed by atoms with Crippen molar-refractivity contribution in [1.29, 1.82) is 0 Å². The van der Waals surface area contributed by atoms with Crippen molar-refractivity contribution in [2.24, 2.45) is 0 Å². The molecule has 0 saturated heterocycles. The van der Waals surface area contributed by atoms with E-state index in [9.17, 15) is 9.18 Å². The summed E-state index contributed by atoms with van der Waals surface area (Å²) in [4.78, 5) is 12.0. The highest BCUT2D eigenvalue weighted by atomic mass is 19.1. The van der Waals surface area contributed by atoms with Gasteiger partial charge in [0.2, 0.25) is 5.91 Å². The molecule has 134 valence electrons. The van der Waals surface area contributed by atoms with Crippen LogP contribution in [-0.2, 0) is 16.1 Å². The van der Waals surface area contributed by atoms with Gasteiger partial charge >= 0.3 is 0 Å². The van der Waals surface area contributed by atoms with Crippen molar-refractivity contribution < 1.29 is 18.4 Å². The molecule has 5 nitrogen and oxygen atoms in total. The number of halogens is 1. The maximum Gasteiger partial charge on any atom is 0.246 e. The van der Waals surface area contributed by atoms with Gasteiger partial charge in [-0.15, -0.1) is 0 Å². The van der Waals surface area contributed by atoms with E-state index >= 15 is 0 Å². The molecule has 1 heterocycles. The number of rotatable bonds is 7. The van der Waals surface area contributed by atoms with Crippen LogP contribution in [0.2, 0.25) is 0 Å². The Morgan fingerprint density at radius 1 is 1.19 bits per heavy atom. The van der Waals surface area contributed by atoms with Crippen LogP contribution in [0.1, 0.15) is 24.2 Å². The first-order valence-corrected chi connectivity index (χ1v) is 8.25. The van der Waals surface area contributed by atoms with Gasteiger partial charge in [-0.25, -0.2) is 4.39 Å². The highest BCUT2D eigenvalue weighted by molar-refractivity contribution is 5.77. The van der Waals surface area contributed by atoms with Crippen LogP contribution in [0.15, 0.2) is 65.2 Å². The maximum atomic E-state index is 12.9. The second-order valence-electron chi connectivity index (χ2n) is 5.88. The molecule has 0 bridgehead atoms. The number of aromatic nitrogens is 1. The Bertz CT molecular complexity index is 847. The molecular weight excluding hydrogens is 335 g/mol. The lowest BCUT2D eigenvalue weighted by Crippen LogP contribution is -2.30. The predicted octanol–water partition coefficient (Wildman–Crippen LogP) is 3.87. The van der Waals surface area contributed by atoms with Crippen molar-refractivity contribution in [2.75, 3.05) is 6.61 Å². The van der Waals surface area contributed by atoms with Crippen molar-refractivity contribution in [1.82, 2.24) is 10.5 Å². The minimum atomic E-state index is -0.312. The highest BCUT2D eigenvalue weighted by Gasteiger charge is 2.11. The van der Waals surface area contributed by atoms with E-state index in [1.165, 1.54) is 12.1 Å². The zero-order valence-electron chi connectivity index (χ0n) is 14.3. The highest BCUT2D eigenvalue weighted by Crippen LogP contribution is 2.20. The minimum Gasteiger partial charge on any atom is -0.365 e. The predicted molar refractivity (Wildman–Crippen MR) is 94.6 cm³/mol. The summed E-state index contributed by atoms with van der Waals surface area (Å²) in [6.07, 6.45) is 0. The zero-order valence-corrected chi connectivity index (χ0v) is 14.3. The lowest BCUT2D eigenvalue weighted by atomic mass is 10.1. The Morgan fingerprint density at radius 3 is 2.65 bits per heavy atom. The van der Waals surface area contributed by atoms with Crippen LogP contribution in [0, 0.1) is 5.82 Å². The van der Waals surface area contributed by atoms with Crippen LogP contribution >= 0.6 is 0 Å². The molecule has 0 spiro atoms. The van der Waals surface area contributed by atoms with Crippen LogP contribution in [-0.4, -0.2) is 17.7 Å². The second-order valence-corrected chi connectivity index (χ2v) is 5.88. The van der Waals surface area contributed by atoms with Gasteiger partial charge in [-0.05, 0) is 36.8 Å². The molecule has 6 heteroatoms. The van der Waals surface area contributed by atoms with Crippen LogP contribution in [0.5, 0.6) is 0 Å². The van der Waals surface area contributed by atoms with Gasteiger partial charge in [-0.3, -0.25) is 4.79 Å². The number of benzene rings is 2. The molecule has 1 amide bonds. The van der Waals surface area contributed by atoms with Gasteiger partial charge in [0.05, 0.1) is 12.6 Å². The van der Waals surface area contributed by atoms with Crippen LogP contribution in [0.3, 0.4) is 0 Å². The molecule has 0 saturated carbocycles. The van der Waals surface area contributed by atoms with E-state index in [1.54, 1.807) is 18.2 Å². The van der Waals surface area contributed by atoms with Crippen molar-refractivity contribution in [3.63, 3.8) is 0 Å². The van der Waals surface area contributed by atoms with Crippen molar-refractivity contribution in [2.45, 2.75) is 19.6 Å². The first-order valence-electron chi connectivity index (χ1n) is 8.25. The van der Waals surface area contributed by atoms with E-state index in [4.69, 9.17) is 9.26 Å². The summed E-state index contributed by atoms with van der Waals surface area (Å²) in [7, 11) is 0. The van der Waals surface area contributed by atoms with Gasteiger partial charge in [0, 0.05) is 11.6 Å². The quantitative estimate of drug-likeness (QED) is 0.699. The van der Waals surface area contributed by atoms with Crippen LogP contribution in [0.4, 0.5) is 4.39 Å². The van der Waals surface area contributed by atoms with E-state index < -0.39 is 0 Å². The zero-order chi connectivity index (χ0) is 18.4. The number of nitrogens with one attached hydrogen (secondary N) is 1.